The number of ether oxygens (including phenoxy) is 1. The van der Waals surface area contributed by atoms with E-state index in [4.69, 9.17) is 4.74 Å². The Morgan fingerprint density at radius 3 is 2.74 bits per heavy atom. The minimum atomic E-state index is -1.34. The average Bonchev–Trinajstić information content (AvgIpc) is 3.47. The van der Waals surface area contributed by atoms with Crippen LogP contribution in [-0.2, 0) is 18.4 Å². The van der Waals surface area contributed by atoms with Crippen molar-refractivity contribution in [1.82, 2.24) is 24.9 Å². The maximum atomic E-state index is 14.8. The number of hydrogen-bond acceptors (Lipinski definition) is 6. The van der Waals surface area contributed by atoms with Gasteiger partial charge in [0.05, 0.1) is 23.7 Å². The maximum absolute atomic E-state index is 14.8. The van der Waals surface area contributed by atoms with Crippen molar-refractivity contribution in [3.05, 3.63) is 83.4 Å². The SMILES string of the molecule is C[C@@H]1CCn2nc(-c3cnn(C)c3)c(C(=O)N[C@H]3N=C(c4ccccc4)c4cccc(F)c4NC3=O)c2O1. The monoisotopic (exact) mass is 513 g/mol. The standard InChI is InChI=1S/C27H24FN7O3/c1-15-11-12-35-27(38-15)20(22(33-35)17-13-29-34(2)14-17)25(36)32-24-26(37)31-23-18(9-6-10-19(23)28)21(30-24)16-7-4-3-5-8-16/h3-10,13-15,24H,11-12H2,1-2H3,(H,31,37)(H,32,36)/t15-,24-/m1/s1. The van der Waals surface area contributed by atoms with Crippen molar-refractivity contribution in [3.8, 4) is 17.1 Å². The Balaban J connectivity index is 1.43. The molecule has 2 aromatic heterocycles. The summed E-state index contributed by atoms with van der Waals surface area (Å²) in [5.41, 5.74) is 2.66. The maximum Gasteiger partial charge on any atom is 0.269 e. The first-order valence-electron chi connectivity index (χ1n) is 12.2. The molecule has 2 aromatic carbocycles. The first-order chi connectivity index (χ1) is 18.4. The number of rotatable bonds is 4. The molecule has 4 aromatic rings. The first-order valence-corrected chi connectivity index (χ1v) is 12.2. The Bertz CT molecular complexity index is 1590. The van der Waals surface area contributed by atoms with E-state index in [2.05, 4.69) is 25.8 Å². The number of hydrogen-bond donors (Lipinski definition) is 2. The van der Waals surface area contributed by atoms with Crippen LogP contribution in [-0.4, -0.2) is 49.4 Å². The summed E-state index contributed by atoms with van der Waals surface area (Å²) in [5, 5.41) is 14.1. The predicted octanol–water partition coefficient (Wildman–Crippen LogP) is 3.14. The average molecular weight is 514 g/mol. The lowest BCUT2D eigenvalue weighted by Crippen LogP contribution is -2.42. The first kappa shape index (κ1) is 23.6. The number of halogens is 1. The second kappa shape index (κ2) is 9.25. The normalized spacial score (nSPS) is 18.4. The van der Waals surface area contributed by atoms with Crippen molar-refractivity contribution in [2.75, 3.05) is 5.32 Å². The van der Waals surface area contributed by atoms with Gasteiger partial charge in [0.1, 0.15) is 17.1 Å². The van der Waals surface area contributed by atoms with Crippen LogP contribution in [0, 0.1) is 5.82 Å². The number of nitrogens with one attached hydrogen (secondary N) is 2. The molecular formula is C27H24FN7O3. The lowest BCUT2D eigenvalue weighted by atomic mass is 10.0. The van der Waals surface area contributed by atoms with Gasteiger partial charge in [-0.1, -0.05) is 42.5 Å². The van der Waals surface area contributed by atoms with Gasteiger partial charge in [-0.25, -0.2) is 14.1 Å². The molecule has 0 saturated heterocycles. The van der Waals surface area contributed by atoms with E-state index in [0.717, 1.165) is 6.42 Å². The Morgan fingerprint density at radius 1 is 1.16 bits per heavy atom. The van der Waals surface area contributed by atoms with Gasteiger partial charge in [0, 0.05) is 42.9 Å². The van der Waals surface area contributed by atoms with Gasteiger partial charge in [0.25, 0.3) is 11.8 Å². The molecule has 11 heteroatoms. The quantitative estimate of drug-likeness (QED) is 0.435. The van der Waals surface area contributed by atoms with Crippen LogP contribution in [0.15, 0.2) is 65.9 Å². The molecule has 2 amide bonds. The number of anilines is 1. The van der Waals surface area contributed by atoms with Crippen LogP contribution in [0.1, 0.15) is 34.8 Å². The number of aliphatic imine (C=N–C) groups is 1. The zero-order chi connectivity index (χ0) is 26.4. The van der Waals surface area contributed by atoms with Crippen LogP contribution in [0.2, 0.25) is 0 Å². The van der Waals surface area contributed by atoms with E-state index in [1.807, 2.05) is 37.3 Å². The number of benzodiazepines with no additional fused rings is 1. The summed E-state index contributed by atoms with van der Waals surface area (Å²) in [6.07, 6.45) is 2.63. The van der Waals surface area contributed by atoms with E-state index < -0.39 is 23.8 Å². The molecule has 2 aliphatic rings. The smallest absolute Gasteiger partial charge is 0.269 e. The second-order valence-electron chi connectivity index (χ2n) is 9.24. The number of carbonyl (C=O) groups is 2. The number of nitrogens with zero attached hydrogens (tertiary/aromatic N) is 5. The van der Waals surface area contributed by atoms with Crippen LogP contribution in [0.5, 0.6) is 5.88 Å². The van der Waals surface area contributed by atoms with Crippen LogP contribution in [0.3, 0.4) is 0 Å². The summed E-state index contributed by atoms with van der Waals surface area (Å²) >= 11 is 0. The molecule has 2 aliphatic heterocycles. The Morgan fingerprint density at radius 2 is 1.97 bits per heavy atom. The zero-order valence-electron chi connectivity index (χ0n) is 20.7. The minimum Gasteiger partial charge on any atom is -0.474 e. The molecule has 4 heterocycles. The van der Waals surface area contributed by atoms with E-state index in [1.165, 1.54) is 6.07 Å². The van der Waals surface area contributed by atoms with Crippen molar-refractivity contribution in [2.24, 2.45) is 12.0 Å². The molecule has 0 spiro atoms. The lowest BCUT2D eigenvalue weighted by molar-refractivity contribution is -0.117. The summed E-state index contributed by atoms with van der Waals surface area (Å²) in [4.78, 5) is 31.7. The third-order valence-corrected chi connectivity index (χ3v) is 6.51. The van der Waals surface area contributed by atoms with Gasteiger partial charge in [0.15, 0.2) is 0 Å². The minimum absolute atomic E-state index is 0.00738. The number of carbonyl (C=O) groups excluding carboxylic acids is 2. The van der Waals surface area contributed by atoms with Gasteiger partial charge in [-0.3, -0.25) is 14.3 Å². The number of fused-ring (bicyclic) bond motifs is 2. The van der Waals surface area contributed by atoms with Crippen LogP contribution < -0.4 is 15.4 Å². The highest BCUT2D eigenvalue weighted by molar-refractivity contribution is 6.20. The predicted molar refractivity (Wildman–Crippen MR) is 138 cm³/mol. The highest BCUT2D eigenvalue weighted by Gasteiger charge is 2.34. The zero-order valence-corrected chi connectivity index (χ0v) is 20.7. The van der Waals surface area contributed by atoms with Crippen molar-refractivity contribution in [2.45, 2.75) is 32.2 Å². The molecule has 6 rings (SSSR count). The summed E-state index contributed by atoms with van der Waals surface area (Å²) < 4.78 is 24.1. The van der Waals surface area contributed by atoms with Gasteiger partial charge in [-0.05, 0) is 13.0 Å². The van der Waals surface area contributed by atoms with E-state index in [-0.39, 0.29) is 17.4 Å². The highest BCUT2D eigenvalue weighted by atomic mass is 19.1. The van der Waals surface area contributed by atoms with Gasteiger partial charge >= 0.3 is 0 Å². The largest absolute Gasteiger partial charge is 0.474 e. The topological polar surface area (TPSA) is 115 Å². The summed E-state index contributed by atoms with van der Waals surface area (Å²) in [6.45, 7) is 2.49. The van der Waals surface area contributed by atoms with Gasteiger partial charge in [0.2, 0.25) is 12.0 Å². The molecule has 0 aliphatic carbocycles. The second-order valence-corrected chi connectivity index (χ2v) is 9.24. The van der Waals surface area contributed by atoms with Gasteiger partial charge in [-0.15, -0.1) is 0 Å². The highest BCUT2D eigenvalue weighted by Crippen LogP contribution is 2.34. The van der Waals surface area contributed by atoms with Crippen molar-refractivity contribution in [1.29, 1.82) is 0 Å². The fourth-order valence-corrected chi connectivity index (χ4v) is 4.64. The molecule has 0 radical (unpaired) electrons. The lowest BCUT2D eigenvalue weighted by Gasteiger charge is -2.22. The van der Waals surface area contributed by atoms with Crippen molar-refractivity contribution < 1.29 is 18.7 Å². The van der Waals surface area contributed by atoms with Crippen LogP contribution in [0.25, 0.3) is 11.3 Å². The van der Waals surface area contributed by atoms with Crippen LogP contribution in [0.4, 0.5) is 10.1 Å². The van der Waals surface area contributed by atoms with Gasteiger partial charge < -0.3 is 15.4 Å². The molecule has 0 bridgehead atoms. The molecule has 2 N–H and O–H groups in total. The van der Waals surface area contributed by atoms with Crippen molar-refractivity contribution >= 4 is 23.2 Å². The molecule has 192 valence electrons. The third kappa shape index (κ3) is 4.11. The van der Waals surface area contributed by atoms with E-state index in [1.54, 1.807) is 40.9 Å². The van der Waals surface area contributed by atoms with Crippen molar-refractivity contribution in [3.63, 3.8) is 0 Å². The van der Waals surface area contributed by atoms with E-state index >= 15 is 0 Å². The summed E-state index contributed by atoms with van der Waals surface area (Å²) in [6, 6.07) is 13.6. The number of aryl methyl sites for hydroxylation is 2. The molecule has 38 heavy (non-hydrogen) atoms. The molecule has 0 unspecified atom stereocenters. The Labute approximate surface area is 217 Å². The molecule has 2 atom stereocenters. The number of amides is 2. The van der Waals surface area contributed by atoms with Gasteiger partial charge in [-0.2, -0.15) is 10.2 Å². The number of aromatic nitrogens is 4. The molecular weight excluding hydrogens is 489 g/mol. The van der Waals surface area contributed by atoms with E-state index in [9.17, 15) is 14.0 Å². The van der Waals surface area contributed by atoms with Crippen LogP contribution >= 0.6 is 0 Å². The molecule has 0 saturated carbocycles. The fraction of sp³-hybridized carbons (Fsp3) is 0.222. The molecule has 10 nitrogen and oxygen atoms in total. The summed E-state index contributed by atoms with van der Waals surface area (Å²) in [5.74, 6) is -1.55. The summed E-state index contributed by atoms with van der Waals surface area (Å²) in [7, 11) is 1.77. The Hall–Kier alpha value is -4.80. The van der Waals surface area contributed by atoms with E-state index in [0.29, 0.717) is 40.5 Å². The molecule has 0 fully saturated rings. The third-order valence-electron chi connectivity index (χ3n) is 6.51. The number of benzene rings is 2. The Kier molecular flexibility index (Phi) is 5.74. The number of para-hydroxylation sites is 1. The fourth-order valence-electron chi connectivity index (χ4n) is 4.64.